The van der Waals surface area contributed by atoms with Crippen LogP contribution in [0.2, 0.25) is 0 Å². The summed E-state index contributed by atoms with van der Waals surface area (Å²) >= 11 is 0. The average molecular weight is 486 g/mol. The van der Waals surface area contributed by atoms with Crippen LogP contribution in [0, 0.1) is 5.41 Å². The summed E-state index contributed by atoms with van der Waals surface area (Å²) in [6.07, 6.45) is 4.47. The molecule has 0 amide bonds. The van der Waals surface area contributed by atoms with E-state index >= 15 is 0 Å². The standard InChI is InChI=1S/C37H27N/c1-2-7-31(23-38)25-9-5-8-24(18-25)26-14-15-28-20-29(17-16-27(28)19-26)32-21-30-10-6-13-35-33-11-3-4-12-34(33)36(22-32)37(30)35/h3-23,38H,2H2,1H3/b31-7+,38-23?. The molecule has 0 saturated carbocycles. The molecule has 1 aliphatic rings. The van der Waals surface area contributed by atoms with E-state index < -0.39 is 0 Å². The number of rotatable bonds is 5. The molecule has 1 N–H and O–H groups in total. The largest absolute Gasteiger partial charge is 0.308 e. The molecule has 0 unspecified atom stereocenters. The monoisotopic (exact) mass is 485 g/mol. The van der Waals surface area contributed by atoms with Crippen LogP contribution in [-0.4, -0.2) is 6.21 Å². The third kappa shape index (κ3) is 3.59. The quantitative estimate of drug-likeness (QED) is 0.234. The first kappa shape index (κ1) is 22.4. The predicted molar refractivity (Wildman–Crippen MR) is 164 cm³/mol. The SMILES string of the molecule is CC/C=C(\C=N)c1cccc(-c2ccc3cc(-c4cc5c6c(cccc6c4)-c4ccccc4-5)ccc3c2)c1. The van der Waals surface area contributed by atoms with E-state index in [1.54, 1.807) is 0 Å². The molecule has 0 atom stereocenters. The van der Waals surface area contributed by atoms with E-state index in [0.717, 1.165) is 17.6 Å². The van der Waals surface area contributed by atoms with Gasteiger partial charge in [0.05, 0.1) is 0 Å². The molecule has 1 aliphatic carbocycles. The van der Waals surface area contributed by atoms with Gasteiger partial charge < -0.3 is 5.41 Å². The summed E-state index contributed by atoms with van der Waals surface area (Å²) in [5.41, 5.74) is 12.2. The topological polar surface area (TPSA) is 23.9 Å². The lowest BCUT2D eigenvalue weighted by Crippen LogP contribution is -1.87. The summed E-state index contributed by atoms with van der Waals surface area (Å²) in [5.74, 6) is 0. The molecular weight excluding hydrogens is 458 g/mol. The molecule has 6 aromatic rings. The van der Waals surface area contributed by atoms with Crippen molar-refractivity contribution in [3.8, 4) is 44.5 Å². The van der Waals surface area contributed by atoms with Gasteiger partial charge >= 0.3 is 0 Å². The third-order valence-corrected chi connectivity index (χ3v) is 7.77. The molecule has 0 aromatic heterocycles. The number of nitrogens with one attached hydrogen (secondary N) is 1. The molecule has 1 nitrogen and oxygen atoms in total. The molecule has 0 radical (unpaired) electrons. The Morgan fingerprint density at radius 3 is 1.92 bits per heavy atom. The highest BCUT2D eigenvalue weighted by Gasteiger charge is 2.21. The summed E-state index contributed by atoms with van der Waals surface area (Å²) in [6, 6.07) is 42.1. The molecule has 180 valence electrons. The van der Waals surface area contributed by atoms with E-state index in [9.17, 15) is 0 Å². The van der Waals surface area contributed by atoms with Gasteiger partial charge in [0.25, 0.3) is 0 Å². The zero-order valence-corrected chi connectivity index (χ0v) is 21.3. The van der Waals surface area contributed by atoms with Crippen molar-refractivity contribution in [2.45, 2.75) is 13.3 Å². The number of hydrogen-bond acceptors (Lipinski definition) is 1. The van der Waals surface area contributed by atoms with Crippen LogP contribution in [0.1, 0.15) is 18.9 Å². The van der Waals surface area contributed by atoms with Crippen LogP contribution in [0.4, 0.5) is 0 Å². The van der Waals surface area contributed by atoms with Crippen molar-refractivity contribution in [1.82, 2.24) is 0 Å². The van der Waals surface area contributed by atoms with Crippen LogP contribution in [0.15, 0.2) is 121 Å². The van der Waals surface area contributed by atoms with E-state index in [1.807, 2.05) is 0 Å². The van der Waals surface area contributed by atoms with Gasteiger partial charge in [-0.1, -0.05) is 97.9 Å². The summed E-state index contributed by atoms with van der Waals surface area (Å²) in [5, 5.41) is 12.9. The van der Waals surface area contributed by atoms with Crippen molar-refractivity contribution >= 4 is 33.3 Å². The molecule has 0 aliphatic heterocycles. The van der Waals surface area contributed by atoms with Gasteiger partial charge in [-0.25, -0.2) is 0 Å². The van der Waals surface area contributed by atoms with Crippen LogP contribution >= 0.6 is 0 Å². The maximum absolute atomic E-state index is 7.79. The smallest absolute Gasteiger partial charge is 0.0253 e. The van der Waals surface area contributed by atoms with Gasteiger partial charge in [0.1, 0.15) is 0 Å². The van der Waals surface area contributed by atoms with Crippen molar-refractivity contribution in [3.05, 3.63) is 127 Å². The fraction of sp³-hybridized carbons (Fsp3) is 0.0541. The molecule has 0 spiro atoms. The Labute approximate surface area is 223 Å². The lowest BCUT2D eigenvalue weighted by Gasteiger charge is -2.11. The third-order valence-electron chi connectivity index (χ3n) is 7.77. The minimum atomic E-state index is 0.916. The summed E-state index contributed by atoms with van der Waals surface area (Å²) in [6.45, 7) is 2.10. The van der Waals surface area contributed by atoms with Crippen molar-refractivity contribution < 1.29 is 0 Å². The highest BCUT2D eigenvalue weighted by molar-refractivity contribution is 6.16. The Bertz CT molecular complexity index is 1920. The van der Waals surface area contributed by atoms with E-state index in [1.165, 1.54) is 72.3 Å². The first-order valence-electron chi connectivity index (χ1n) is 13.3. The van der Waals surface area contributed by atoms with Gasteiger partial charge in [-0.15, -0.1) is 0 Å². The molecule has 0 saturated heterocycles. The molecule has 6 aromatic carbocycles. The Hall–Kier alpha value is -4.75. The predicted octanol–water partition coefficient (Wildman–Crippen LogP) is 10.4. The Morgan fingerprint density at radius 2 is 1.18 bits per heavy atom. The first-order chi connectivity index (χ1) is 18.7. The van der Waals surface area contributed by atoms with Gasteiger partial charge in [-0.05, 0) is 114 Å². The van der Waals surface area contributed by atoms with Crippen LogP contribution in [0.25, 0.3) is 71.6 Å². The minimum absolute atomic E-state index is 0.916. The van der Waals surface area contributed by atoms with Crippen LogP contribution in [-0.2, 0) is 0 Å². The van der Waals surface area contributed by atoms with E-state index in [-0.39, 0.29) is 0 Å². The van der Waals surface area contributed by atoms with Gasteiger partial charge in [-0.2, -0.15) is 0 Å². The highest BCUT2D eigenvalue weighted by atomic mass is 14.3. The second-order valence-electron chi connectivity index (χ2n) is 10.0. The van der Waals surface area contributed by atoms with Crippen LogP contribution in [0.3, 0.4) is 0 Å². The number of hydrogen-bond donors (Lipinski definition) is 1. The molecule has 1 heteroatoms. The average Bonchev–Trinajstić information content (AvgIpc) is 3.30. The van der Waals surface area contributed by atoms with E-state index in [0.29, 0.717) is 0 Å². The first-order valence-corrected chi connectivity index (χ1v) is 13.3. The van der Waals surface area contributed by atoms with Gasteiger partial charge in [0, 0.05) is 6.21 Å². The zero-order valence-electron chi connectivity index (χ0n) is 21.3. The van der Waals surface area contributed by atoms with Crippen molar-refractivity contribution in [3.63, 3.8) is 0 Å². The molecule has 0 bridgehead atoms. The normalized spacial score (nSPS) is 12.2. The van der Waals surface area contributed by atoms with Crippen LogP contribution < -0.4 is 0 Å². The second-order valence-corrected chi connectivity index (χ2v) is 10.0. The van der Waals surface area contributed by atoms with Crippen molar-refractivity contribution in [1.29, 1.82) is 5.41 Å². The molecule has 7 rings (SSSR count). The molecule has 38 heavy (non-hydrogen) atoms. The zero-order chi connectivity index (χ0) is 25.6. The second kappa shape index (κ2) is 8.97. The minimum Gasteiger partial charge on any atom is -0.308 e. The Balaban J connectivity index is 1.30. The number of allylic oxidation sites excluding steroid dienone is 2. The lowest BCUT2D eigenvalue weighted by atomic mass is 9.93. The van der Waals surface area contributed by atoms with Crippen molar-refractivity contribution in [2.24, 2.45) is 0 Å². The molecule has 0 fully saturated rings. The summed E-state index contributed by atoms with van der Waals surface area (Å²) in [7, 11) is 0. The maximum atomic E-state index is 7.79. The van der Waals surface area contributed by atoms with Gasteiger partial charge in [0.15, 0.2) is 0 Å². The maximum Gasteiger partial charge on any atom is 0.0253 e. The van der Waals surface area contributed by atoms with E-state index in [2.05, 4.69) is 128 Å². The highest BCUT2D eigenvalue weighted by Crippen LogP contribution is 2.48. The van der Waals surface area contributed by atoms with Gasteiger partial charge in [-0.3, -0.25) is 0 Å². The molecule has 0 heterocycles. The lowest BCUT2D eigenvalue weighted by molar-refractivity contribution is 1.23. The number of benzene rings is 6. The summed E-state index contributed by atoms with van der Waals surface area (Å²) < 4.78 is 0. The van der Waals surface area contributed by atoms with Gasteiger partial charge in [0.2, 0.25) is 0 Å². The molecular formula is C37H27N. The Kier molecular flexibility index (Phi) is 5.30. The summed E-state index contributed by atoms with van der Waals surface area (Å²) in [4.78, 5) is 0. The number of fused-ring (bicyclic) bond motifs is 4. The van der Waals surface area contributed by atoms with Crippen molar-refractivity contribution in [2.75, 3.05) is 0 Å². The van der Waals surface area contributed by atoms with E-state index in [4.69, 9.17) is 5.41 Å². The van der Waals surface area contributed by atoms with Crippen LogP contribution in [0.5, 0.6) is 0 Å². The fourth-order valence-corrected chi connectivity index (χ4v) is 5.95. The fourth-order valence-electron chi connectivity index (χ4n) is 5.95. The Morgan fingerprint density at radius 1 is 0.553 bits per heavy atom.